The maximum absolute atomic E-state index is 13.2. The molecule has 0 bridgehead atoms. The Morgan fingerprint density at radius 2 is 1.77 bits per heavy atom. The van der Waals surface area contributed by atoms with Gasteiger partial charge in [-0.25, -0.2) is 0 Å². The van der Waals surface area contributed by atoms with Crippen molar-refractivity contribution in [3.05, 3.63) is 48.0 Å². The van der Waals surface area contributed by atoms with Crippen molar-refractivity contribution in [3.63, 3.8) is 0 Å². The summed E-state index contributed by atoms with van der Waals surface area (Å²) in [7, 11) is 1.50. The van der Waals surface area contributed by atoms with Gasteiger partial charge < -0.3 is 20.7 Å². The lowest BCUT2D eigenvalue weighted by Crippen LogP contribution is -2.25. The van der Waals surface area contributed by atoms with Gasteiger partial charge in [-0.05, 0) is 43.2 Å². The van der Waals surface area contributed by atoms with Gasteiger partial charge in [-0.1, -0.05) is 31.4 Å². The molecule has 5 nitrogen and oxygen atoms in total. The number of ether oxygens (including phenoxy) is 1. The molecule has 0 aliphatic heterocycles. The van der Waals surface area contributed by atoms with E-state index in [1.54, 1.807) is 24.3 Å². The van der Waals surface area contributed by atoms with Gasteiger partial charge in [-0.2, -0.15) is 13.2 Å². The summed E-state index contributed by atoms with van der Waals surface area (Å²) < 4.78 is 44.8. The molecule has 1 saturated carbocycles. The van der Waals surface area contributed by atoms with Crippen LogP contribution in [0.3, 0.4) is 0 Å². The van der Waals surface area contributed by atoms with Crippen LogP contribution in [-0.2, 0) is 11.0 Å². The molecular weight excluding hydrogens is 395 g/mol. The van der Waals surface area contributed by atoms with Crippen molar-refractivity contribution >= 4 is 23.0 Å². The Morgan fingerprint density at radius 1 is 1.03 bits per heavy atom. The number of nitrogens with one attached hydrogen (secondary N) is 3. The second-order valence-electron chi connectivity index (χ2n) is 7.34. The molecule has 0 unspecified atom stereocenters. The second kappa shape index (κ2) is 9.73. The number of carbonyl (C=O) groups is 1. The van der Waals surface area contributed by atoms with Gasteiger partial charge in [-0.3, -0.25) is 4.79 Å². The highest BCUT2D eigenvalue weighted by Crippen LogP contribution is 2.35. The topological polar surface area (TPSA) is 62.4 Å². The van der Waals surface area contributed by atoms with E-state index in [1.807, 2.05) is 0 Å². The Bertz CT molecular complexity index is 865. The molecular formula is C22H26F3N3O2. The van der Waals surface area contributed by atoms with Crippen molar-refractivity contribution < 1.29 is 22.7 Å². The number of rotatable bonds is 7. The predicted octanol–water partition coefficient (Wildman–Crippen LogP) is 5.51. The molecule has 1 aliphatic rings. The fourth-order valence-corrected chi connectivity index (χ4v) is 3.58. The number of halogens is 3. The minimum absolute atomic E-state index is 0.182. The van der Waals surface area contributed by atoms with Crippen LogP contribution in [0.15, 0.2) is 42.5 Å². The SMILES string of the molecule is COc1ccccc1NC(=O)CNc1cc(C(F)(F)F)ccc1NC1CCCCC1. The zero-order valence-electron chi connectivity index (χ0n) is 16.8. The minimum atomic E-state index is -4.46. The molecule has 0 radical (unpaired) electrons. The van der Waals surface area contributed by atoms with Crippen LogP contribution in [0, 0.1) is 0 Å². The highest BCUT2D eigenvalue weighted by atomic mass is 19.4. The molecule has 0 saturated heterocycles. The summed E-state index contributed by atoms with van der Waals surface area (Å²) in [6.07, 6.45) is 0.882. The van der Waals surface area contributed by atoms with E-state index < -0.39 is 11.7 Å². The first-order valence-electron chi connectivity index (χ1n) is 10.0. The Morgan fingerprint density at radius 3 is 2.47 bits per heavy atom. The number of amides is 1. The predicted molar refractivity (Wildman–Crippen MR) is 112 cm³/mol. The molecule has 8 heteroatoms. The zero-order valence-corrected chi connectivity index (χ0v) is 16.8. The van der Waals surface area contributed by atoms with Crippen molar-refractivity contribution in [1.82, 2.24) is 0 Å². The van der Waals surface area contributed by atoms with E-state index in [0.29, 0.717) is 17.1 Å². The molecule has 3 N–H and O–H groups in total. The molecule has 2 aromatic rings. The highest BCUT2D eigenvalue weighted by molar-refractivity contribution is 5.95. The molecule has 1 amide bonds. The van der Waals surface area contributed by atoms with Crippen LogP contribution in [0.25, 0.3) is 0 Å². The van der Waals surface area contributed by atoms with Gasteiger partial charge in [0.05, 0.1) is 36.3 Å². The summed E-state index contributed by atoms with van der Waals surface area (Å²) in [5.74, 6) is 0.116. The van der Waals surface area contributed by atoms with Crippen molar-refractivity contribution in [2.45, 2.75) is 44.3 Å². The Kier molecular flexibility index (Phi) is 7.07. The first kappa shape index (κ1) is 21.8. The van der Waals surface area contributed by atoms with Crippen molar-refractivity contribution in [3.8, 4) is 5.75 Å². The van der Waals surface area contributed by atoms with Gasteiger partial charge in [0.15, 0.2) is 0 Å². The van der Waals surface area contributed by atoms with Crippen LogP contribution in [0.4, 0.5) is 30.2 Å². The van der Waals surface area contributed by atoms with Gasteiger partial charge in [-0.15, -0.1) is 0 Å². The van der Waals surface area contributed by atoms with E-state index in [1.165, 1.54) is 19.6 Å². The minimum Gasteiger partial charge on any atom is -0.495 e. The summed E-state index contributed by atoms with van der Waals surface area (Å²) in [6, 6.07) is 10.7. The highest BCUT2D eigenvalue weighted by Gasteiger charge is 2.31. The fraction of sp³-hybridized carbons (Fsp3) is 0.409. The van der Waals surface area contributed by atoms with E-state index in [2.05, 4.69) is 16.0 Å². The number of benzene rings is 2. The third-order valence-corrected chi connectivity index (χ3v) is 5.13. The van der Waals surface area contributed by atoms with Crippen LogP contribution in [0.2, 0.25) is 0 Å². The maximum Gasteiger partial charge on any atom is 0.416 e. The van der Waals surface area contributed by atoms with Crippen molar-refractivity contribution in [2.75, 3.05) is 29.6 Å². The average Bonchev–Trinajstić information content (AvgIpc) is 2.73. The second-order valence-corrected chi connectivity index (χ2v) is 7.34. The Balaban J connectivity index is 1.72. The largest absolute Gasteiger partial charge is 0.495 e. The molecule has 30 heavy (non-hydrogen) atoms. The summed E-state index contributed by atoms with van der Waals surface area (Å²) in [6.45, 7) is -0.182. The van der Waals surface area contributed by atoms with E-state index in [9.17, 15) is 18.0 Å². The normalized spacial score (nSPS) is 14.8. The van der Waals surface area contributed by atoms with Crippen LogP contribution in [0.1, 0.15) is 37.7 Å². The standard InChI is InChI=1S/C22H26F3N3O2/c1-30-20-10-6-5-9-18(20)28-21(29)14-26-19-13-15(22(23,24)25)11-12-17(19)27-16-7-3-2-4-8-16/h5-6,9-13,16,26-27H,2-4,7-8,14H2,1H3,(H,28,29). The average molecular weight is 421 g/mol. The third kappa shape index (κ3) is 5.81. The monoisotopic (exact) mass is 421 g/mol. The number of anilines is 3. The summed E-state index contributed by atoms with van der Waals surface area (Å²) >= 11 is 0. The molecule has 162 valence electrons. The lowest BCUT2D eigenvalue weighted by Gasteiger charge is -2.26. The fourth-order valence-electron chi connectivity index (χ4n) is 3.58. The zero-order chi connectivity index (χ0) is 21.6. The third-order valence-electron chi connectivity index (χ3n) is 5.13. The molecule has 0 heterocycles. The van der Waals surface area contributed by atoms with Crippen molar-refractivity contribution in [1.29, 1.82) is 0 Å². The number of para-hydroxylation sites is 2. The summed E-state index contributed by atoms with van der Waals surface area (Å²) in [5, 5.41) is 8.90. The van der Waals surface area contributed by atoms with Gasteiger partial charge in [0, 0.05) is 6.04 Å². The van der Waals surface area contributed by atoms with Gasteiger partial charge in [0.1, 0.15) is 5.75 Å². The molecule has 0 atom stereocenters. The number of methoxy groups -OCH3 is 1. The lowest BCUT2D eigenvalue weighted by molar-refractivity contribution is -0.137. The quantitative estimate of drug-likeness (QED) is 0.552. The molecule has 1 aliphatic carbocycles. The molecule has 1 fully saturated rings. The number of carbonyl (C=O) groups excluding carboxylic acids is 1. The van der Waals surface area contributed by atoms with Gasteiger partial charge in [0.25, 0.3) is 0 Å². The maximum atomic E-state index is 13.2. The van der Waals surface area contributed by atoms with Crippen LogP contribution in [0.5, 0.6) is 5.75 Å². The lowest BCUT2D eigenvalue weighted by atomic mass is 9.95. The molecule has 0 spiro atoms. The first-order chi connectivity index (χ1) is 14.4. The molecule has 3 rings (SSSR count). The van der Waals surface area contributed by atoms with Gasteiger partial charge >= 0.3 is 6.18 Å². The molecule has 0 aromatic heterocycles. The summed E-state index contributed by atoms with van der Waals surface area (Å²) in [5.41, 5.74) is 0.561. The van der Waals surface area contributed by atoms with Crippen LogP contribution in [-0.4, -0.2) is 25.6 Å². The van der Waals surface area contributed by atoms with Gasteiger partial charge in [0.2, 0.25) is 5.91 Å². The number of hydrogen-bond donors (Lipinski definition) is 3. The smallest absolute Gasteiger partial charge is 0.416 e. The van der Waals surface area contributed by atoms with Crippen LogP contribution < -0.4 is 20.7 Å². The van der Waals surface area contributed by atoms with E-state index >= 15 is 0 Å². The number of alkyl halides is 3. The Labute approximate surface area is 174 Å². The first-order valence-corrected chi connectivity index (χ1v) is 10.0. The molecule has 2 aromatic carbocycles. The van der Waals surface area contributed by atoms with E-state index in [4.69, 9.17) is 4.74 Å². The van der Waals surface area contributed by atoms with E-state index in [-0.39, 0.29) is 24.2 Å². The summed E-state index contributed by atoms with van der Waals surface area (Å²) in [4.78, 5) is 12.4. The number of hydrogen-bond acceptors (Lipinski definition) is 4. The van der Waals surface area contributed by atoms with Crippen LogP contribution >= 0.6 is 0 Å². The van der Waals surface area contributed by atoms with E-state index in [0.717, 1.165) is 37.8 Å². The van der Waals surface area contributed by atoms with Crippen molar-refractivity contribution in [2.24, 2.45) is 0 Å². The Hall–Kier alpha value is -2.90.